The Hall–Kier alpha value is -0.300. The Kier molecular flexibility index (Phi) is 4.46. The molecule has 1 N–H and O–H groups in total. The summed E-state index contributed by atoms with van der Waals surface area (Å²) in [7, 11) is -0.840. The van der Waals surface area contributed by atoms with Gasteiger partial charge < -0.3 is 9.88 Å². The van der Waals surface area contributed by atoms with Gasteiger partial charge in [-0.05, 0) is 0 Å². The zero-order chi connectivity index (χ0) is 4.83. The second-order valence-corrected chi connectivity index (χ2v) is 1.39. The third-order valence-corrected chi connectivity index (χ3v) is 0.628. The second-order valence-electron chi connectivity index (χ2n) is 0.650. The van der Waals surface area contributed by atoms with Gasteiger partial charge in [0.1, 0.15) is 0 Å². The van der Waals surface area contributed by atoms with E-state index in [9.17, 15) is 9.36 Å². The first-order valence-electron chi connectivity index (χ1n) is 1.45. The largest absolute Gasteiger partial charge is 0.341 e. The van der Waals surface area contributed by atoms with Crippen molar-refractivity contribution < 1.29 is 9.36 Å². The third-order valence-electron chi connectivity index (χ3n) is 0.258. The number of carbonyl (C=O) groups excluding carboxylic acids is 1. The molecule has 0 fully saturated rings. The van der Waals surface area contributed by atoms with Crippen LogP contribution in [0.1, 0.15) is 0 Å². The van der Waals surface area contributed by atoms with Crippen LogP contribution in [0.5, 0.6) is 0 Å². The van der Waals surface area contributed by atoms with E-state index in [1.165, 1.54) is 6.41 Å². The standard InChI is InChI=1S/C2H5NO2P/c4-1-3-2-6-5/h2,6H2,(H,3,4). The zero-order valence-corrected chi connectivity index (χ0v) is 4.26. The average molecular weight is 106 g/mol. The van der Waals surface area contributed by atoms with Gasteiger partial charge in [-0.3, -0.25) is 4.79 Å². The summed E-state index contributed by atoms with van der Waals surface area (Å²) >= 11 is 0. The lowest BCUT2D eigenvalue weighted by atomic mass is 11.2. The predicted octanol–water partition coefficient (Wildman–Crippen LogP) is -0.643. The molecule has 0 aliphatic rings. The molecule has 0 saturated carbocycles. The normalized spacial score (nSPS) is 9.33. The van der Waals surface area contributed by atoms with Crippen molar-refractivity contribution in [3.63, 3.8) is 0 Å². The predicted molar refractivity (Wildman–Crippen MR) is 24.1 cm³/mol. The van der Waals surface area contributed by atoms with Crippen LogP contribution in [0.3, 0.4) is 0 Å². The summed E-state index contributed by atoms with van der Waals surface area (Å²) in [5.74, 6) is 0. The molecule has 0 aromatic carbocycles. The van der Waals surface area contributed by atoms with E-state index in [1.807, 2.05) is 0 Å². The van der Waals surface area contributed by atoms with Gasteiger partial charge in [0.05, 0.1) is 14.7 Å². The van der Waals surface area contributed by atoms with Crippen LogP contribution in [-0.4, -0.2) is 12.7 Å². The Bertz CT molecular complexity index is 47.5. The van der Waals surface area contributed by atoms with E-state index in [1.54, 1.807) is 0 Å². The van der Waals surface area contributed by atoms with Crippen molar-refractivity contribution in [3.05, 3.63) is 0 Å². The fourth-order valence-electron chi connectivity index (χ4n) is 0.0833. The van der Waals surface area contributed by atoms with Gasteiger partial charge in [0.25, 0.3) is 0 Å². The Morgan fingerprint density at radius 2 is 2.50 bits per heavy atom. The first-order valence-corrected chi connectivity index (χ1v) is 2.74. The van der Waals surface area contributed by atoms with Crippen LogP contribution in [0.15, 0.2) is 0 Å². The molecule has 1 amide bonds. The first kappa shape index (κ1) is 5.70. The summed E-state index contributed by atoms with van der Waals surface area (Å²) < 4.78 is 9.53. The molecule has 0 aliphatic carbocycles. The maximum absolute atomic E-state index is 9.53. The molecule has 1 unspecified atom stereocenters. The van der Waals surface area contributed by atoms with E-state index in [-0.39, 0.29) is 6.29 Å². The molecule has 0 aromatic heterocycles. The number of nitrogens with one attached hydrogen (secondary N) is 1. The van der Waals surface area contributed by atoms with E-state index >= 15 is 0 Å². The molecule has 0 rings (SSSR count). The highest BCUT2D eigenvalue weighted by molar-refractivity contribution is 7.23. The molecule has 0 aromatic rings. The summed E-state index contributed by atoms with van der Waals surface area (Å²) in [4.78, 5) is 9.20. The molecule has 0 aliphatic heterocycles. The van der Waals surface area contributed by atoms with E-state index in [0.29, 0.717) is 0 Å². The first-order chi connectivity index (χ1) is 2.91. The minimum Gasteiger partial charge on any atom is -0.341 e. The Balaban J connectivity index is 2.66. The fourth-order valence-corrected chi connectivity index (χ4v) is 0.250. The number of hydrogen-bond donors (Lipinski definition) is 1. The number of amides is 1. The van der Waals surface area contributed by atoms with Crippen molar-refractivity contribution in [2.24, 2.45) is 0 Å². The summed E-state index contributed by atoms with van der Waals surface area (Å²) in [6.07, 6.45) is 1.66. The SMILES string of the molecule is O=[C]NC[PH2]=O. The van der Waals surface area contributed by atoms with E-state index < -0.39 is 8.46 Å². The molecule has 0 saturated heterocycles. The van der Waals surface area contributed by atoms with Crippen molar-refractivity contribution in [1.29, 1.82) is 0 Å². The van der Waals surface area contributed by atoms with Crippen LogP contribution in [0.4, 0.5) is 0 Å². The Morgan fingerprint density at radius 1 is 1.83 bits per heavy atom. The van der Waals surface area contributed by atoms with Gasteiger partial charge in [-0.2, -0.15) is 0 Å². The highest BCUT2D eigenvalue weighted by Gasteiger charge is 1.69. The lowest BCUT2D eigenvalue weighted by molar-refractivity contribution is 0.545. The van der Waals surface area contributed by atoms with Crippen molar-refractivity contribution >= 4 is 14.9 Å². The van der Waals surface area contributed by atoms with Gasteiger partial charge in [-0.15, -0.1) is 0 Å². The molecule has 0 heterocycles. The molecule has 0 spiro atoms. The maximum atomic E-state index is 9.53. The quantitative estimate of drug-likeness (QED) is 0.295. The van der Waals surface area contributed by atoms with Gasteiger partial charge in [0, 0.05) is 0 Å². The van der Waals surface area contributed by atoms with E-state index in [2.05, 4.69) is 5.32 Å². The van der Waals surface area contributed by atoms with Crippen molar-refractivity contribution in [1.82, 2.24) is 5.32 Å². The minimum atomic E-state index is -0.840. The van der Waals surface area contributed by atoms with Crippen molar-refractivity contribution in [2.75, 3.05) is 6.29 Å². The monoisotopic (exact) mass is 106 g/mol. The van der Waals surface area contributed by atoms with E-state index in [4.69, 9.17) is 0 Å². The molecule has 1 radical (unpaired) electrons. The van der Waals surface area contributed by atoms with Crippen LogP contribution in [-0.2, 0) is 9.36 Å². The van der Waals surface area contributed by atoms with Crippen LogP contribution >= 0.6 is 8.46 Å². The van der Waals surface area contributed by atoms with Crippen molar-refractivity contribution in [3.8, 4) is 0 Å². The molecule has 4 heteroatoms. The average Bonchev–Trinajstić information content (AvgIpc) is 1.61. The van der Waals surface area contributed by atoms with Gasteiger partial charge >= 0.3 is 6.41 Å². The van der Waals surface area contributed by atoms with Crippen LogP contribution in [0.25, 0.3) is 0 Å². The van der Waals surface area contributed by atoms with Gasteiger partial charge in [-0.25, -0.2) is 0 Å². The summed E-state index contributed by atoms with van der Waals surface area (Å²) in [5, 5.41) is 2.12. The molecular weight excluding hydrogens is 101 g/mol. The van der Waals surface area contributed by atoms with Gasteiger partial charge in [0.15, 0.2) is 0 Å². The minimum absolute atomic E-state index is 0.267. The van der Waals surface area contributed by atoms with Crippen LogP contribution in [0.2, 0.25) is 0 Å². The smallest absolute Gasteiger partial charge is 0.309 e. The molecule has 1 atom stereocenters. The molecule has 6 heavy (non-hydrogen) atoms. The van der Waals surface area contributed by atoms with Gasteiger partial charge in [0.2, 0.25) is 0 Å². The topological polar surface area (TPSA) is 46.2 Å². The lowest BCUT2D eigenvalue weighted by Gasteiger charge is -1.77. The fraction of sp³-hybridized carbons (Fsp3) is 0.500. The highest BCUT2D eigenvalue weighted by atomic mass is 31.1. The highest BCUT2D eigenvalue weighted by Crippen LogP contribution is 1.80. The summed E-state index contributed by atoms with van der Waals surface area (Å²) in [6, 6.07) is 0. The lowest BCUT2D eigenvalue weighted by Crippen LogP contribution is -2.05. The summed E-state index contributed by atoms with van der Waals surface area (Å²) in [5.41, 5.74) is 0. The number of rotatable bonds is 3. The molecule has 0 bridgehead atoms. The maximum Gasteiger partial charge on any atom is 0.309 e. The van der Waals surface area contributed by atoms with Crippen molar-refractivity contribution in [2.45, 2.75) is 0 Å². The van der Waals surface area contributed by atoms with Gasteiger partial charge in [-0.1, -0.05) is 0 Å². The zero-order valence-electron chi connectivity index (χ0n) is 3.10. The summed E-state index contributed by atoms with van der Waals surface area (Å²) in [6.45, 7) is 0. The Labute approximate surface area is 36.9 Å². The second kappa shape index (κ2) is 4.70. The molecular formula is C2H5NO2P. The van der Waals surface area contributed by atoms with E-state index in [0.717, 1.165) is 0 Å². The Morgan fingerprint density at radius 3 is 2.67 bits per heavy atom. The third kappa shape index (κ3) is 3.70. The van der Waals surface area contributed by atoms with Crippen LogP contribution < -0.4 is 5.32 Å². The molecule has 3 nitrogen and oxygen atoms in total. The molecule has 35 valence electrons. The van der Waals surface area contributed by atoms with Crippen LogP contribution in [0, 0.1) is 0 Å². The number of hydrogen-bond acceptors (Lipinski definition) is 2.